The Labute approximate surface area is 157 Å². The zero-order valence-corrected chi connectivity index (χ0v) is 15.7. The number of rotatable bonds is 3. The molecule has 0 unspecified atom stereocenters. The van der Waals surface area contributed by atoms with E-state index in [0.29, 0.717) is 10.1 Å². The Bertz CT molecular complexity index is 987. The van der Waals surface area contributed by atoms with Gasteiger partial charge in [0.05, 0.1) is 21.2 Å². The lowest BCUT2D eigenvalue weighted by molar-refractivity contribution is -0.115. The number of carbonyl (C=O) groups excluding carboxylic acids is 1. The quantitative estimate of drug-likeness (QED) is 0.642. The maximum atomic E-state index is 12.2. The third kappa shape index (κ3) is 3.73. The van der Waals surface area contributed by atoms with Crippen LogP contribution in [0.2, 0.25) is 0 Å². The normalized spacial score (nSPS) is 17.4. The number of aliphatic imine (C=N–C) groups is 1. The maximum Gasteiger partial charge on any atom is 0.264 e. The number of aromatic nitrogens is 1. The van der Waals surface area contributed by atoms with Crippen molar-refractivity contribution < 1.29 is 4.79 Å². The van der Waals surface area contributed by atoms with Gasteiger partial charge in [0.15, 0.2) is 5.17 Å². The molecule has 0 radical (unpaired) electrons. The molecule has 0 aliphatic carbocycles. The number of hydrogen-bond acceptors (Lipinski definition) is 6. The topological polar surface area (TPSA) is 54.4 Å². The molecule has 4 nitrogen and oxygen atoms in total. The molecule has 0 bridgehead atoms. The minimum atomic E-state index is -0.137. The predicted molar refractivity (Wildman–Crippen MR) is 107 cm³/mol. The third-order valence-corrected chi connectivity index (χ3v) is 6.23. The Balaban J connectivity index is 1.55. The van der Waals surface area contributed by atoms with Crippen LogP contribution in [-0.4, -0.2) is 16.1 Å². The molecule has 0 spiro atoms. The van der Waals surface area contributed by atoms with Crippen molar-refractivity contribution in [2.75, 3.05) is 0 Å². The van der Waals surface area contributed by atoms with Crippen LogP contribution >= 0.6 is 34.4 Å². The molecule has 25 heavy (non-hydrogen) atoms. The molecule has 124 valence electrons. The van der Waals surface area contributed by atoms with Crippen LogP contribution in [0.1, 0.15) is 11.3 Å². The molecule has 3 aromatic rings. The number of thiophene rings is 1. The van der Waals surface area contributed by atoms with Gasteiger partial charge in [-0.1, -0.05) is 18.2 Å². The largest absolute Gasteiger partial charge is 0.300 e. The summed E-state index contributed by atoms with van der Waals surface area (Å²) in [5, 5.41) is 8.37. The van der Waals surface area contributed by atoms with Crippen molar-refractivity contribution in [3.8, 4) is 9.88 Å². The van der Waals surface area contributed by atoms with E-state index in [9.17, 15) is 4.79 Å². The van der Waals surface area contributed by atoms with Crippen LogP contribution in [0.15, 0.2) is 57.1 Å². The van der Waals surface area contributed by atoms with Crippen molar-refractivity contribution in [3.05, 3.63) is 63.3 Å². The summed E-state index contributed by atoms with van der Waals surface area (Å²) in [6.07, 6.45) is 1.81. The van der Waals surface area contributed by atoms with Crippen LogP contribution in [0.3, 0.4) is 0 Å². The lowest BCUT2D eigenvalue weighted by Gasteiger charge is -1.97. The van der Waals surface area contributed by atoms with E-state index < -0.39 is 0 Å². The van der Waals surface area contributed by atoms with Crippen molar-refractivity contribution in [1.29, 1.82) is 0 Å². The highest BCUT2D eigenvalue weighted by atomic mass is 32.2. The van der Waals surface area contributed by atoms with Crippen molar-refractivity contribution in [1.82, 2.24) is 10.3 Å². The van der Waals surface area contributed by atoms with E-state index in [1.54, 1.807) is 22.7 Å². The van der Waals surface area contributed by atoms with E-state index in [-0.39, 0.29) is 5.91 Å². The highest BCUT2D eigenvalue weighted by Gasteiger charge is 2.24. The number of amidine groups is 1. The first-order chi connectivity index (χ1) is 12.2. The number of nitrogens with one attached hydrogen (secondary N) is 1. The lowest BCUT2D eigenvalue weighted by atomic mass is 10.2. The van der Waals surface area contributed by atoms with Crippen molar-refractivity contribution in [3.63, 3.8) is 0 Å². The lowest BCUT2D eigenvalue weighted by Crippen LogP contribution is -2.19. The fourth-order valence-electron chi connectivity index (χ4n) is 2.30. The zero-order valence-electron chi connectivity index (χ0n) is 13.2. The van der Waals surface area contributed by atoms with E-state index in [1.807, 2.05) is 60.2 Å². The van der Waals surface area contributed by atoms with Crippen LogP contribution in [0.25, 0.3) is 16.0 Å². The second-order valence-corrected chi connectivity index (χ2v) is 8.21. The first-order valence-corrected chi connectivity index (χ1v) is 10.1. The summed E-state index contributed by atoms with van der Waals surface area (Å²) >= 11 is 4.58. The summed E-state index contributed by atoms with van der Waals surface area (Å²) in [6, 6.07) is 11.9. The highest BCUT2D eigenvalue weighted by Crippen LogP contribution is 2.31. The van der Waals surface area contributed by atoms with Gasteiger partial charge in [-0.05, 0) is 53.9 Å². The smallest absolute Gasteiger partial charge is 0.264 e. The molecule has 3 heterocycles. The first kappa shape index (κ1) is 16.3. The van der Waals surface area contributed by atoms with Gasteiger partial charge in [0.1, 0.15) is 5.01 Å². The van der Waals surface area contributed by atoms with E-state index in [0.717, 1.165) is 26.8 Å². The zero-order chi connectivity index (χ0) is 17.2. The number of hydrogen-bond donors (Lipinski definition) is 1. The van der Waals surface area contributed by atoms with Gasteiger partial charge in [0.25, 0.3) is 5.91 Å². The average Bonchev–Trinajstić information content (AvgIpc) is 3.30. The molecule has 1 aliphatic heterocycles. The van der Waals surface area contributed by atoms with Crippen molar-refractivity contribution in [2.24, 2.45) is 4.99 Å². The minimum Gasteiger partial charge on any atom is -0.300 e. The van der Waals surface area contributed by atoms with Crippen LogP contribution in [0.5, 0.6) is 0 Å². The van der Waals surface area contributed by atoms with Gasteiger partial charge in [-0.3, -0.25) is 4.79 Å². The monoisotopic (exact) mass is 383 g/mol. The molecule has 7 heteroatoms. The van der Waals surface area contributed by atoms with E-state index >= 15 is 0 Å². The fraction of sp³-hybridized carbons (Fsp3) is 0.0556. The fourth-order valence-corrected chi connectivity index (χ4v) is 4.71. The van der Waals surface area contributed by atoms with Crippen LogP contribution in [-0.2, 0) is 4.79 Å². The van der Waals surface area contributed by atoms with Crippen molar-refractivity contribution in [2.45, 2.75) is 6.92 Å². The highest BCUT2D eigenvalue weighted by molar-refractivity contribution is 8.18. The minimum absolute atomic E-state index is 0.137. The molecule has 2 aromatic heterocycles. The number of aryl methyl sites for hydroxylation is 1. The van der Waals surface area contributed by atoms with Gasteiger partial charge in [0, 0.05) is 5.38 Å². The molecule has 0 saturated carbocycles. The number of benzene rings is 1. The number of amides is 1. The number of thiazole rings is 1. The summed E-state index contributed by atoms with van der Waals surface area (Å²) in [4.78, 5) is 23.0. The SMILES string of the molecule is Cc1cccc(N=C2NC(=O)/C(=C/c3csc(-c4cccs4)n3)S2)c1. The Hall–Kier alpha value is -2.22. The third-order valence-electron chi connectivity index (χ3n) is 3.42. The van der Waals surface area contributed by atoms with E-state index in [1.165, 1.54) is 11.8 Å². The van der Waals surface area contributed by atoms with E-state index in [4.69, 9.17) is 0 Å². The summed E-state index contributed by atoms with van der Waals surface area (Å²) in [6.45, 7) is 2.02. The molecule has 1 saturated heterocycles. The Morgan fingerprint density at radius 3 is 2.92 bits per heavy atom. The summed E-state index contributed by atoms with van der Waals surface area (Å²) in [7, 11) is 0. The first-order valence-electron chi connectivity index (χ1n) is 7.53. The second-order valence-electron chi connectivity index (χ2n) is 5.38. The van der Waals surface area contributed by atoms with Gasteiger partial charge >= 0.3 is 0 Å². The maximum absolute atomic E-state index is 12.2. The van der Waals surface area contributed by atoms with Crippen LogP contribution in [0, 0.1) is 6.92 Å². The summed E-state index contributed by atoms with van der Waals surface area (Å²) < 4.78 is 0. The van der Waals surface area contributed by atoms with Gasteiger partial charge < -0.3 is 5.32 Å². The Morgan fingerprint density at radius 1 is 1.20 bits per heavy atom. The molecule has 1 aliphatic rings. The van der Waals surface area contributed by atoms with Gasteiger partial charge in [-0.2, -0.15) is 0 Å². The molecular formula is C18H13N3OS3. The molecule has 0 atom stereocenters. The van der Waals surface area contributed by atoms with Gasteiger partial charge in [-0.25, -0.2) is 9.98 Å². The van der Waals surface area contributed by atoms with Gasteiger partial charge in [0.2, 0.25) is 0 Å². The Morgan fingerprint density at radius 2 is 2.12 bits per heavy atom. The standard InChI is InChI=1S/C18H13N3OS3/c1-11-4-2-5-12(8-11)20-18-21-16(22)15(25-18)9-13-10-24-17(19-13)14-6-3-7-23-14/h2-10H,1H3,(H,20,21,22)/b15-9-. The number of thioether (sulfide) groups is 1. The van der Waals surface area contributed by atoms with E-state index in [2.05, 4.69) is 15.3 Å². The van der Waals surface area contributed by atoms with Crippen molar-refractivity contribution >= 4 is 57.3 Å². The molecule has 4 rings (SSSR count). The molecule has 1 N–H and O–H groups in total. The average molecular weight is 384 g/mol. The van der Waals surface area contributed by atoms with Crippen LogP contribution in [0.4, 0.5) is 5.69 Å². The molecular weight excluding hydrogens is 370 g/mol. The molecule has 1 aromatic carbocycles. The van der Waals surface area contributed by atoms with Gasteiger partial charge in [-0.15, -0.1) is 22.7 Å². The number of carbonyl (C=O) groups is 1. The number of nitrogens with zero attached hydrogens (tertiary/aromatic N) is 2. The Kier molecular flexibility index (Phi) is 4.52. The summed E-state index contributed by atoms with van der Waals surface area (Å²) in [5.41, 5.74) is 2.76. The predicted octanol–water partition coefficient (Wildman–Crippen LogP) is 5.07. The molecule has 1 amide bonds. The second kappa shape index (κ2) is 6.95. The molecule has 1 fully saturated rings. The summed E-state index contributed by atoms with van der Waals surface area (Å²) in [5.74, 6) is -0.137. The van der Waals surface area contributed by atoms with Crippen LogP contribution < -0.4 is 5.32 Å².